The van der Waals surface area contributed by atoms with Gasteiger partial charge in [-0.15, -0.1) is 16.4 Å². The van der Waals surface area contributed by atoms with Gasteiger partial charge in [-0.3, -0.25) is 24.0 Å². The van der Waals surface area contributed by atoms with Gasteiger partial charge >= 0.3 is 12.9 Å². The Kier molecular flexibility index (Phi) is 26.7. The van der Waals surface area contributed by atoms with E-state index in [4.69, 9.17) is 9.57 Å². The lowest BCUT2D eigenvalue weighted by Gasteiger charge is -2.37. The molecule has 3 aliphatic rings. The number of ether oxygens (including phenoxy) is 1. The third-order valence-electron chi connectivity index (χ3n) is 16.2. The number of amides is 5. The number of aryl methyl sites for hydroxylation is 1. The Morgan fingerprint density at radius 2 is 1.50 bits per heavy atom. The highest BCUT2D eigenvalue weighted by atomic mass is 32.2. The molecule has 4 unspecified atom stereocenters. The average Bonchev–Trinajstić information content (AvgIpc) is 1.54. The van der Waals surface area contributed by atoms with E-state index in [0.29, 0.717) is 104 Å². The van der Waals surface area contributed by atoms with Crippen LogP contribution in [0.4, 0.5) is 8.63 Å². The van der Waals surface area contributed by atoms with Crippen molar-refractivity contribution in [1.29, 1.82) is 0 Å². The number of quaternary nitrogens is 3. The second kappa shape index (κ2) is 33.1. The highest BCUT2D eigenvalue weighted by Crippen LogP contribution is 2.42. The number of hydrogen-bond donors (Lipinski definition) is 4. The number of allylic oxidation sites excluding steroid dienone is 2. The smallest absolute Gasteiger partial charge is 0.732 e. The monoisotopic (exact) mass is 1270 g/mol. The highest BCUT2D eigenvalue weighted by molar-refractivity contribution is 7.85. The van der Waals surface area contributed by atoms with E-state index in [1.54, 1.807) is 42.5 Å². The molecule has 5 amide bonds. The number of carbonyl (C=O) groups excluding carboxylic acids is 6. The average molecular weight is 1270 g/mol. The summed E-state index contributed by atoms with van der Waals surface area (Å²) in [5.74, 6) is -2.72. The van der Waals surface area contributed by atoms with Gasteiger partial charge in [0.2, 0.25) is 17.7 Å². The van der Waals surface area contributed by atoms with Crippen molar-refractivity contribution in [2.45, 2.75) is 153 Å². The number of hydroxylamine groups is 2. The number of unbranched alkanes of at least 4 members (excludes halogenated alkanes) is 5. The van der Waals surface area contributed by atoms with Gasteiger partial charge in [0.1, 0.15) is 23.9 Å². The number of benzene rings is 1. The Balaban J connectivity index is 1.03. The van der Waals surface area contributed by atoms with E-state index < -0.39 is 64.7 Å². The second-order valence-corrected chi connectivity index (χ2v) is 28.3. The Hall–Kier alpha value is -6.12. The summed E-state index contributed by atoms with van der Waals surface area (Å²) in [7, 11) is 10.1. The van der Waals surface area contributed by atoms with Crippen LogP contribution in [0.15, 0.2) is 65.6 Å². The maximum absolute atomic E-state index is 17.4. The van der Waals surface area contributed by atoms with Gasteiger partial charge in [0.25, 0.3) is 11.8 Å². The Morgan fingerprint density at radius 1 is 0.830 bits per heavy atom. The molecule has 486 valence electrons. The molecule has 1 saturated heterocycles. The molecule has 20 nitrogen and oxygen atoms in total. The minimum atomic E-state index is -4.49. The van der Waals surface area contributed by atoms with Crippen LogP contribution in [0.25, 0.3) is 16.6 Å². The van der Waals surface area contributed by atoms with Crippen LogP contribution in [0, 0.1) is 0 Å². The Bertz CT molecular complexity index is 3050. The molecule has 0 spiro atoms. The molecule has 0 radical (unpaired) electrons. The molecule has 5 heterocycles. The standard InChI is InChI=1S/C63H94BF2N9O11S2/c1-9-10-21-49-45-56(57-25-19-42-87-57)72-55(49)46-54-48(22-20-43-88(82,83)84)44-50(71(54)64(72,65)66)31-28-47-29-32-51(33-30-47)85-41-18-26-58(76)68-53(24-14-17-40-75(6,7)8)63(81)69-52(23-13-16-39-74(3,4)5)62(80)67-36-38-70(2)37-15-11-12-27-61(79)86-73-59(77)34-35-60(73)78/h19,25,28-33,42,44-45,52-54H,9-18,20-24,26-27,34-41,43,46H2,1-8H3,(H2-2,67,68,69,76,80,81,82,83,84)/p+2/b31-28+. The number of likely N-dealkylation sites (N-methyl/N-ethyl adjacent to an activating group) is 1. The quantitative estimate of drug-likeness (QED) is 0.0175. The van der Waals surface area contributed by atoms with Crippen molar-refractivity contribution in [1.82, 2.24) is 25.5 Å². The molecule has 3 aliphatic heterocycles. The molecule has 4 N–H and O–H groups in total. The molecule has 1 fully saturated rings. The van der Waals surface area contributed by atoms with Crippen molar-refractivity contribution in [2.24, 2.45) is 0 Å². The Labute approximate surface area is 523 Å². The minimum Gasteiger partial charge on any atom is -0.748 e. The third-order valence-corrected chi connectivity index (χ3v) is 17.9. The maximum atomic E-state index is 17.4. The third kappa shape index (κ3) is 22.4. The van der Waals surface area contributed by atoms with Gasteiger partial charge in [-0.25, -0.2) is 13.2 Å². The van der Waals surface area contributed by atoms with Crippen LogP contribution >= 0.6 is 11.3 Å². The molecular weight excluding hydrogens is 1170 g/mol. The van der Waals surface area contributed by atoms with Crippen molar-refractivity contribution in [3.63, 3.8) is 0 Å². The van der Waals surface area contributed by atoms with Crippen molar-refractivity contribution >= 4 is 75.7 Å². The van der Waals surface area contributed by atoms with Gasteiger partial charge in [0.05, 0.1) is 98.8 Å². The summed E-state index contributed by atoms with van der Waals surface area (Å²) in [5.41, 5.74) is 3.62. The number of aromatic nitrogens is 1. The van der Waals surface area contributed by atoms with E-state index in [2.05, 4.69) is 65.2 Å². The van der Waals surface area contributed by atoms with E-state index in [9.17, 15) is 41.7 Å². The minimum absolute atomic E-state index is 0.0270. The van der Waals surface area contributed by atoms with Gasteiger partial charge < -0.3 is 61.5 Å². The number of halogens is 2. The van der Waals surface area contributed by atoms with E-state index >= 15 is 8.63 Å². The first-order valence-electron chi connectivity index (χ1n) is 31.5. The summed E-state index contributed by atoms with van der Waals surface area (Å²) in [6.45, 7) is 1.43. The van der Waals surface area contributed by atoms with Crippen molar-refractivity contribution in [3.8, 4) is 16.3 Å². The fourth-order valence-electron chi connectivity index (χ4n) is 11.4. The lowest BCUT2D eigenvalue weighted by atomic mass is 9.83. The number of imide groups is 1. The van der Waals surface area contributed by atoms with Crippen LogP contribution in [-0.4, -0.2) is 197 Å². The summed E-state index contributed by atoms with van der Waals surface area (Å²) in [6, 6.07) is 10.3. The summed E-state index contributed by atoms with van der Waals surface area (Å²) < 4.78 is 79.4. The van der Waals surface area contributed by atoms with Gasteiger partial charge in [-0.1, -0.05) is 31.5 Å². The first-order valence-corrected chi connectivity index (χ1v) is 33.9. The van der Waals surface area contributed by atoms with Crippen LogP contribution in [0.1, 0.15) is 139 Å². The van der Waals surface area contributed by atoms with Crippen LogP contribution in [0.3, 0.4) is 0 Å². The molecule has 25 heteroatoms. The molecule has 1 aromatic carbocycles. The largest absolute Gasteiger partial charge is 0.748 e. The molecule has 88 heavy (non-hydrogen) atoms. The zero-order chi connectivity index (χ0) is 64.2. The molecule has 2 aromatic heterocycles. The van der Waals surface area contributed by atoms with Crippen LogP contribution in [0.2, 0.25) is 0 Å². The summed E-state index contributed by atoms with van der Waals surface area (Å²) >= 11 is 1.41. The zero-order valence-corrected chi connectivity index (χ0v) is 54.7. The van der Waals surface area contributed by atoms with Crippen molar-refractivity contribution in [2.75, 3.05) is 94.4 Å². The number of carbonyl (C=O) groups is 6. The number of nitrogens with one attached hydrogen (secondary N) is 4. The first-order chi connectivity index (χ1) is 41.6. The van der Waals surface area contributed by atoms with Crippen molar-refractivity contribution in [3.05, 3.63) is 82.4 Å². The summed E-state index contributed by atoms with van der Waals surface area (Å²) in [6.07, 6.45) is 14.6. The number of nitrogens with zero attached hydrogens (tertiary/aromatic N) is 5. The van der Waals surface area contributed by atoms with Gasteiger partial charge in [0, 0.05) is 60.6 Å². The number of fused-ring (bicyclic) bond motifs is 2. The second-order valence-electron chi connectivity index (χ2n) is 25.8. The van der Waals surface area contributed by atoms with E-state index in [1.165, 1.54) is 20.3 Å². The number of rotatable bonds is 39. The molecule has 6 rings (SSSR count). The highest BCUT2D eigenvalue weighted by Gasteiger charge is 2.56. The lowest BCUT2D eigenvalue weighted by Crippen LogP contribution is -3.09. The van der Waals surface area contributed by atoms with E-state index in [-0.39, 0.29) is 56.9 Å². The topological polar surface area (TPSA) is 230 Å². The van der Waals surface area contributed by atoms with Gasteiger partial charge in [-0.05, 0) is 148 Å². The first kappa shape index (κ1) is 71.0. The molecular formula is C63H96BF2N9O11S2+2. The molecule has 0 saturated carbocycles. The zero-order valence-electron chi connectivity index (χ0n) is 53.1. The van der Waals surface area contributed by atoms with Gasteiger partial charge in [0.15, 0.2) is 5.71 Å². The van der Waals surface area contributed by atoms with E-state index in [0.717, 1.165) is 82.5 Å². The van der Waals surface area contributed by atoms with Gasteiger partial charge in [-0.2, -0.15) is 0 Å². The summed E-state index contributed by atoms with van der Waals surface area (Å²) in [5, 5.41) is 11.4. The fourth-order valence-corrected chi connectivity index (χ4v) is 12.7. The summed E-state index contributed by atoms with van der Waals surface area (Å²) in [4.78, 5) is 84.1. The lowest BCUT2D eigenvalue weighted by molar-refractivity contribution is -0.878. The van der Waals surface area contributed by atoms with E-state index in [1.807, 2.05) is 30.6 Å². The molecule has 0 aliphatic carbocycles. The maximum Gasteiger partial charge on any atom is 0.732 e. The predicted molar refractivity (Wildman–Crippen MR) is 337 cm³/mol. The van der Waals surface area contributed by atoms with Crippen LogP contribution < -0.4 is 25.6 Å². The normalized spacial score (nSPS) is 17.0. The number of hydrogen-bond acceptors (Lipinski definition) is 12. The predicted octanol–water partition coefficient (Wildman–Crippen LogP) is 5.82. The Morgan fingerprint density at radius 3 is 2.12 bits per heavy atom. The SMILES string of the molecule is CCCCc1cc(-c2cccs2)n2c1CC1C(CCCS(=O)(=O)[O-])=CC(/C=C/c3ccc(OCCCC(=O)NC(CCCC[N+](C)(C)C)C(=O)NC(CCCC[N+](C)(C)C)C(=O)NCC[NH+](C)CCCCCC(=O)ON4C(=O)CCC4=O)cc3)=[N+]1[B-]2(F)F. The molecule has 4 atom stereocenters. The molecule has 0 bridgehead atoms. The number of thiophene rings is 1. The molecule has 3 aromatic rings. The fraction of sp³-hybridized carbons (Fsp3) is 0.603. The van der Waals surface area contributed by atoms with Crippen molar-refractivity contribution < 1.29 is 78.3 Å². The van der Waals surface area contributed by atoms with Crippen LogP contribution in [0.5, 0.6) is 5.75 Å². The van der Waals surface area contributed by atoms with Crippen LogP contribution in [-0.2, 0) is 56.6 Å².